The zero-order valence-corrected chi connectivity index (χ0v) is 15.0. The smallest absolute Gasteiger partial charge is 0.216 e. The predicted octanol–water partition coefficient (Wildman–Crippen LogP) is 4.69. The number of nitrogens with one attached hydrogen (secondary N) is 1. The minimum Gasteiger partial charge on any atom is -0.460 e. The summed E-state index contributed by atoms with van der Waals surface area (Å²) in [7, 11) is 0. The van der Waals surface area contributed by atoms with Crippen LogP contribution in [0.15, 0.2) is 45.9 Å². The molecule has 3 rings (SSSR count). The topological polar surface area (TPSA) is 59.1 Å². The SMILES string of the molecule is Cc1ccc(/C=N\n2c(-c3ccc(C(C)(C)C)cc3)n[nH]c2=S)o1. The quantitative estimate of drug-likeness (QED) is 0.556. The van der Waals surface area contributed by atoms with Crippen LogP contribution in [-0.4, -0.2) is 21.1 Å². The molecule has 2 heterocycles. The third-order valence-electron chi connectivity index (χ3n) is 3.72. The Kier molecular flexibility index (Phi) is 4.24. The maximum atomic E-state index is 5.49. The molecule has 0 aliphatic rings. The van der Waals surface area contributed by atoms with Crippen LogP contribution < -0.4 is 0 Å². The van der Waals surface area contributed by atoms with E-state index >= 15 is 0 Å². The van der Waals surface area contributed by atoms with Gasteiger partial charge in [0.1, 0.15) is 11.5 Å². The minimum absolute atomic E-state index is 0.110. The number of aryl methyl sites for hydroxylation is 1. The molecule has 1 N–H and O–H groups in total. The molecule has 5 nitrogen and oxygen atoms in total. The Morgan fingerprint density at radius 1 is 1.17 bits per heavy atom. The zero-order chi connectivity index (χ0) is 17.3. The van der Waals surface area contributed by atoms with Gasteiger partial charge in [0.2, 0.25) is 4.77 Å². The van der Waals surface area contributed by atoms with E-state index in [0.29, 0.717) is 16.4 Å². The molecule has 3 aromatic rings. The Morgan fingerprint density at radius 2 is 1.88 bits per heavy atom. The Hall–Kier alpha value is -2.47. The first-order valence-electron chi connectivity index (χ1n) is 7.74. The van der Waals surface area contributed by atoms with Gasteiger partial charge < -0.3 is 4.42 Å². The van der Waals surface area contributed by atoms with Crippen molar-refractivity contribution in [1.82, 2.24) is 14.9 Å². The normalized spacial score (nSPS) is 12.2. The fourth-order valence-electron chi connectivity index (χ4n) is 2.34. The Balaban J connectivity index is 1.95. The molecule has 0 amide bonds. The number of aromatic amines is 1. The molecular formula is C18H20N4OS. The number of furan rings is 1. The van der Waals surface area contributed by atoms with Gasteiger partial charge in [0.25, 0.3) is 0 Å². The first-order chi connectivity index (χ1) is 11.3. The van der Waals surface area contributed by atoms with Gasteiger partial charge in [-0.2, -0.15) is 14.9 Å². The molecule has 0 aliphatic carbocycles. The lowest BCUT2D eigenvalue weighted by molar-refractivity contribution is 0.527. The summed E-state index contributed by atoms with van der Waals surface area (Å²) in [6.07, 6.45) is 1.63. The number of aromatic nitrogens is 3. The number of H-pyrrole nitrogens is 1. The summed E-state index contributed by atoms with van der Waals surface area (Å²) < 4.78 is 7.52. The van der Waals surface area contributed by atoms with E-state index in [0.717, 1.165) is 11.3 Å². The van der Waals surface area contributed by atoms with Crippen molar-refractivity contribution >= 4 is 18.4 Å². The monoisotopic (exact) mass is 340 g/mol. The summed E-state index contributed by atoms with van der Waals surface area (Å²) in [5.74, 6) is 2.18. The van der Waals surface area contributed by atoms with Crippen LogP contribution in [0.3, 0.4) is 0 Å². The molecule has 0 aliphatic heterocycles. The second-order valence-corrected chi connectivity index (χ2v) is 7.07. The Labute approximate surface area is 146 Å². The molecular weight excluding hydrogens is 320 g/mol. The van der Waals surface area contributed by atoms with Gasteiger partial charge in [-0.05, 0) is 42.3 Å². The van der Waals surface area contributed by atoms with Crippen LogP contribution in [0, 0.1) is 11.7 Å². The lowest BCUT2D eigenvalue weighted by Crippen LogP contribution is -2.10. The Morgan fingerprint density at radius 3 is 2.46 bits per heavy atom. The van der Waals surface area contributed by atoms with Crippen molar-refractivity contribution in [2.24, 2.45) is 5.10 Å². The predicted molar refractivity (Wildman–Crippen MR) is 98.0 cm³/mol. The van der Waals surface area contributed by atoms with Gasteiger partial charge in [0, 0.05) is 5.56 Å². The van der Waals surface area contributed by atoms with E-state index in [-0.39, 0.29) is 5.41 Å². The average molecular weight is 340 g/mol. The van der Waals surface area contributed by atoms with E-state index in [9.17, 15) is 0 Å². The van der Waals surface area contributed by atoms with Crippen LogP contribution in [0.2, 0.25) is 0 Å². The molecule has 1 aromatic carbocycles. The van der Waals surface area contributed by atoms with Gasteiger partial charge in [-0.25, -0.2) is 5.10 Å². The van der Waals surface area contributed by atoms with Gasteiger partial charge in [-0.3, -0.25) is 0 Å². The van der Waals surface area contributed by atoms with E-state index in [1.807, 2.05) is 31.2 Å². The van der Waals surface area contributed by atoms with Crippen molar-refractivity contribution in [3.63, 3.8) is 0 Å². The van der Waals surface area contributed by atoms with Crippen LogP contribution in [0.25, 0.3) is 11.4 Å². The van der Waals surface area contributed by atoms with Gasteiger partial charge in [0.05, 0.1) is 6.21 Å². The molecule has 6 heteroatoms. The molecule has 0 radical (unpaired) electrons. The summed E-state index contributed by atoms with van der Waals surface area (Å²) in [4.78, 5) is 0. The fourth-order valence-corrected chi connectivity index (χ4v) is 2.52. The molecule has 24 heavy (non-hydrogen) atoms. The van der Waals surface area contributed by atoms with Crippen molar-refractivity contribution in [3.05, 3.63) is 58.3 Å². The Bertz CT molecular complexity index is 923. The lowest BCUT2D eigenvalue weighted by atomic mass is 9.87. The maximum Gasteiger partial charge on any atom is 0.216 e. The van der Waals surface area contributed by atoms with E-state index < -0.39 is 0 Å². The highest BCUT2D eigenvalue weighted by atomic mass is 32.1. The lowest BCUT2D eigenvalue weighted by Gasteiger charge is -2.18. The highest BCUT2D eigenvalue weighted by molar-refractivity contribution is 7.71. The molecule has 0 atom stereocenters. The van der Waals surface area contributed by atoms with Gasteiger partial charge in [-0.1, -0.05) is 45.0 Å². The number of hydrogen-bond donors (Lipinski definition) is 1. The molecule has 0 saturated carbocycles. The van der Waals surface area contributed by atoms with Crippen molar-refractivity contribution in [2.45, 2.75) is 33.1 Å². The summed E-state index contributed by atoms with van der Waals surface area (Å²) >= 11 is 5.28. The number of hydrogen-bond acceptors (Lipinski definition) is 4. The van der Waals surface area contributed by atoms with Crippen LogP contribution in [-0.2, 0) is 5.41 Å². The standard InChI is InChI=1S/C18H20N4OS/c1-12-5-10-15(23-12)11-19-22-16(20-21-17(22)24)13-6-8-14(9-7-13)18(2,3)4/h5-11H,1-4H3,(H,21,24)/b19-11-. The average Bonchev–Trinajstić information content (AvgIpc) is 3.10. The van der Waals surface area contributed by atoms with Crippen LogP contribution in [0.5, 0.6) is 0 Å². The minimum atomic E-state index is 0.110. The molecule has 0 spiro atoms. The molecule has 0 saturated heterocycles. The molecule has 2 aromatic heterocycles. The second-order valence-electron chi connectivity index (χ2n) is 6.68. The fraction of sp³-hybridized carbons (Fsp3) is 0.278. The maximum absolute atomic E-state index is 5.49. The van der Waals surface area contributed by atoms with Crippen molar-refractivity contribution < 1.29 is 4.42 Å². The largest absolute Gasteiger partial charge is 0.460 e. The highest BCUT2D eigenvalue weighted by Crippen LogP contribution is 2.25. The highest BCUT2D eigenvalue weighted by Gasteiger charge is 2.14. The first-order valence-corrected chi connectivity index (χ1v) is 8.14. The number of rotatable bonds is 3. The van der Waals surface area contributed by atoms with Gasteiger partial charge in [-0.15, -0.1) is 0 Å². The van der Waals surface area contributed by atoms with Crippen LogP contribution in [0.4, 0.5) is 0 Å². The van der Waals surface area contributed by atoms with Gasteiger partial charge in [0.15, 0.2) is 5.82 Å². The summed E-state index contributed by atoms with van der Waals surface area (Å²) in [6.45, 7) is 8.46. The number of benzene rings is 1. The summed E-state index contributed by atoms with van der Waals surface area (Å²) in [5.41, 5.74) is 2.32. The van der Waals surface area contributed by atoms with E-state index in [4.69, 9.17) is 16.6 Å². The van der Waals surface area contributed by atoms with Crippen molar-refractivity contribution in [2.75, 3.05) is 0 Å². The summed E-state index contributed by atoms with van der Waals surface area (Å²) in [5, 5.41) is 11.5. The van der Waals surface area contributed by atoms with E-state index in [1.54, 1.807) is 10.9 Å². The number of nitrogens with zero attached hydrogens (tertiary/aromatic N) is 3. The molecule has 124 valence electrons. The van der Waals surface area contributed by atoms with Crippen LogP contribution in [0.1, 0.15) is 37.9 Å². The summed E-state index contributed by atoms with van der Waals surface area (Å²) in [6, 6.07) is 12.0. The van der Waals surface area contributed by atoms with Crippen molar-refractivity contribution in [1.29, 1.82) is 0 Å². The zero-order valence-electron chi connectivity index (χ0n) is 14.2. The van der Waals surface area contributed by atoms with E-state index in [2.05, 4.69) is 48.2 Å². The van der Waals surface area contributed by atoms with Gasteiger partial charge >= 0.3 is 0 Å². The third-order valence-corrected chi connectivity index (χ3v) is 3.99. The molecule has 0 fully saturated rings. The van der Waals surface area contributed by atoms with Crippen molar-refractivity contribution in [3.8, 4) is 11.4 Å². The third kappa shape index (κ3) is 3.38. The second kappa shape index (κ2) is 6.20. The van der Waals surface area contributed by atoms with Crippen LogP contribution >= 0.6 is 12.2 Å². The molecule has 0 bridgehead atoms. The molecule has 0 unspecified atom stereocenters. The van der Waals surface area contributed by atoms with E-state index in [1.165, 1.54) is 5.56 Å². The first kappa shape index (κ1) is 16.4.